The number of nitrogens with one attached hydrogen (secondary N) is 2. The summed E-state index contributed by atoms with van der Waals surface area (Å²) >= 11 is 31.1. The molecule has 0 aliphatic carbocycles. The predicted octanol–water partition coefficient (Wildman–Crippen LogP) is 9.66. The van der Waals surface area contributed by atoms with Gasteiger partial charge in [-0.25, -0.2) is 0 Å². The number of ketones is 2. The van der Waals surface area contributed by atoms with Crippen LogP contribution in [0.5, 0.6) is 0 Å². The Hall–Kier alpha value is -3.67. The molecule has 0 aromatic heterocycles. The monoisotopic (exact) mass is 768 g/mol. The molecule has 0 bridgehead atoms. The summed E-state index contributed by atoms with van der Waals surface area (Å²) in [6, 6.07) is 26.1. The molecule has 1 aliphatic rings. The Balaban J connectivity index is 1.68. The quantitative estimate of drug-likeness (QED) is 0.0719. The van der Waals surface area contributed by atoms with E-state index in [2.05, 4.69) is 10.6 Å². The maximum absolute atomic E-state index is 14.0. The largest absolute Gasteiger partial charge is 0.298 e. The molecule has 1 heterocycles. The standard InChI is InChI=1S/C35H20Cl4N2O4S3/c36-23-9-1-19(2-10-23)17-27(30(42)21-5-13-25(38)14-6-21)47-34(29-32(44)40-35(46)41-33(29)45)48-28(18-20-3-11-24(37)12-4-20)31(43)22-7-15-26(39)16-8-22/h1-18H,(H2,40,41,44,45,46)/b27-17-,28-18+. The number of carbonyl (C=O) groups excluding carboxylic acids is 4. The first-order chi connectivity index (χ1) is 23.0. The molecule has 0 radical (unpaired) electrons. The van der Waals surface area contributed by atoms with Gasteiger partial charge >= 0.3 is 0 Å². The van der Waals surface area contributed by atoms with Gasteiger partial charge in [-0.15, -0.1) is 0 Å². The number of allylic oxidation sites excluding steroid dienone is 2. The molecular formula is C35H20Cl4N2O4S3. The number of amides is 2. The van der Waals surface area contributed by atoms with Crippen molar-refractivity contribution in [3.63, 3.8) is 0 Å². The van der Waals surface area contributed by atoms with Gasteiger partial charge in [-0.1, -0.05) is 94.2 Å². The van der Waals surface area contributed by atoms with Crippen molar-refractivity contribution in [2.45, 2.75) is 0 Å². The zero-order valence-corrected chi connectivity index (χ0v) is 29.7. The number of hydrogen-bond donors (Lipinski definition) is 2. The fourth-order valence-electron chi connectivity index (χ4n) is 4.16. The van der Waals surface area contributed by atoms with Crippen LogP contribution >= 0.6 is 82.1 Å². The molecular weight excluding hydrogens is 750 g/mol. The van der Waals surface area contributed by atoms with Crippen molar-refractivity contribution in [2.24, 2.45) is 0 Å². The van der Waals surface area contributed by atoms with Crippen LogP contribution in [0.3, 0.4) is 0 Å². The maximum atomic E-state index is 14.0. The van der Waals surface area contributed by atoms with Crippen LogP contribution in [0.25, 0.3) is 12.2 Å². The second kappa shape index (κ2) is 16.2. The van der Waals surface area contributed by atoms with Crippen LogP contribution in [0.1, 0.15) is 31.8 Å². The van der Waals surface area contributed by atoms with E-state index in [1.165, 1.54) is 0 Å². The Morgan fingerprint density at radius 1 is 0.542 bits per heavy atom. The van der Waals surface area contributed by atoms with Crippen molar-refractivity contribution in [3.8, 4) is 0 Å². The summed E-state index contributed by atoms with van der Waals surface area (Å²) in [4.78, 5) is 55.1. The van der Waals surface area contributed by atoms with E-state index >= 15 is 0 Å². The molecule has 4 aromatic rings. The highest BCUT2D eigenvalue weighted by Gasteiger charge is 2.33. The van der Waals surface area contributed by atoms with E-state index in [4.69, 9.17) is 58.6 Å². The second-order valence-corrected chi connectivity index (χ2v) is 14.4. The molecule has 6 nitrogen and oxygen atoms in total. The Morgan fingerprint density at radius 3 is 1.19 bits per heavy atom. The van der Waals surface area contributed by atoms with Gasteiger partial charge in [0, 0.05) is 31.2 Å². The fraction of sp³-hybridized carbons (Fsp3) is 0. The smallest absolute Gasteiger partial charge is 0.264 e. The van der Waals surface area contributed by atoms with E-state index in [-0.39, 0.29) is 24.7 Å². The average molecular weight is 771 g/mol. The topological polar surface area (TPSA) is 92.3 Å². The number of rotatable bonds is 10. The number of benzene rings is 4. The number of hydrogen-bond acceptors (Lipinski definition) is 7. The molecule has 48 heavy (non-hydrogen) atoms. The molecule has 13 heteroatoms. The maximum Gasteiger partial charge on any atom is 0.264 e. The van der Waals surface area contributed by atoms with E-state index in [1.54, 1.807) is 109 Å². The van der Waals surface area contributed by atoms with E-state index < -0.39 is 23.4 Å². The SMILES string of the molecule is O=C1NC(=S)NC(=O)C1=C(S/C(=C\c1ccc(Cl)cc1)C(=O)c1ccc(Cl)cc1)S/C(=C/c1ccc(Cl)cc1)C(=O)c1ccc(Cl)cc1. The molecule has 2 N–H and O–H groups in total. The third-order valence-corrected chi connectivity index (χ3v) is 10.1. The lowest BCUT2D eigenvalue weighted by molar-refractivity contribution is -0.123. The Bertz CT molecular complexity index is 1880. The van der Waals surface area contributed by atoms with Gasteiger partial charge in [0.05, 0.1) is 14.0 Å². The summed E-state index contributed by atoms with van der Waals surface area (Å²) in [5.41, 5.74) is 1.50. The first-order valence-electron chi connectivity index (χ1n) is 13.8. The van der Waals surface area contributed by atoms with Gasteiger partial charge in [-0.05, 0) is 108 Å². The number of Topliss-reactive ketones (excluding diaryl/α,β-unsaturated/α-hetero) is 2. The lowest BCUT2D eigenvalue weighted by Gasteiger charge is -2.21. The zero-order chi connectivity index (χ0) is 34.4. The molecule has 1 saturated heterocycles. The zero-order valence-electron chi connectivity index (χ0n) is 24.3. The minimum Gasteiger partial charge on any atom is -0.298 e. The highest BCUT2D eigenvalue weighted by Crippen LogP contribution is 2.44. The molecule has 0 atom stereocenters. The van der Waals surface area contributed by atoms with Gasteiger partial charge in [-0.3, -0.25) is 29.8 Å². The van der Waals surface area contributed by atoms with Crippen LogP contribution in [0, 0.1) is 0 Å². The first kappa shape index (κ1) is 35.6. The molecule has 1 fully saturated rings. The number of carbonyl (C=O) groups is 4. The first-order valence-corrected chi connectivity index (χ1v) is 17.3. The highest BCUT2D eigenvalue weighted by molar-refractivity contribution is 8.26. The fourth-order valence-corrected chi connectivity index (χ4v) is 7.34. The molecule has 4 aromatic carbocycles. The van der Waals surface area contributed by atoms with Crippen LogP contribution < -0.4 is 10.6 Å². The average Bonchev–Trinajstić information content (AvgIpc) is 3.05. The summed E-state index contributed by atoms with van der Waals surface area (Å²) in [6.45, 7) is 0. The third-order valence-electron chi connectivity index (χ3n) is 6.51. The van der Waals surface area contributed by atoms with Gasteiger partial charge in [0.1, 0.15) is 5.57 Å². The van der Waals surface area contributed by atoms with Crippen molar-refractivity contribution >= 4 is 123 Å². The van der Waals surface area contributed by atoms with Crippen molar-refractivity contribution < 1.29 is 19.2 Å². The van der Waals surface area contributed by atoms with Gasteiger partial charge in [0.2, 0.25) is 0 Å². The predicted molar refractivity (Wildman–Crippen MR) is 202 cm³/mol. The summed E-state index contributed by atoms with van der Waals surface area (Å²) in [5, 5.41) is 6.57. The number of thioether (sulfide) groups is 2. The van der Waals surface area contributed by atoms with Crippen LogP contribution in [0.15, 0.2) is 117 Å². The van der Waals surface area contributed by atoms with Gasteiger partial charge in [0.15, 0.2) is 16.7 Å². The molecule has 0 unspecified atom stereocenters. The summed E-state index contributed by atoms with van der Waals surface area (Å²) in [7, 11) is 0. The molecule has 1 aliphatic heterocycles. The Morgan fingerprint density at radius 2 is 0.854 bits per heavy atom. The van der Waals surface area contributed by atoms with Crippen molar-refractivity contribution in [3.05, 3.63) is 159 Å². The Labute approximate surface area is 309 Å². The van der Waals surface area contributed by atoms with Gasteiger partial charge in [0.25, 0.3) is 11.8 Å². The Kier molecular flexibility index (Phi) is 12.0. The third kappa shape index (κ3) is 9.27. The minimum atomic E-state index is -0.798. The van der Waals surface area contributed by atoms with Crippen LogP contribution in [-0.2, 0) is 9.59 Å². The van der Waals surface area contributed by atoms with E-state index in [9.17, 15) is 19.2 Å². The molecule has 5 rings (SSSR count). The van der Waals surface area contributed by atoms with E-state index in [0.29, 0.717) is 42.3 Å². The van der Waals surface area contributed by atoms with Crippen molar-refractivity contribution in [1.82, 2.24) is 10.6 Å². The van der Waals surface area contributed by atoms with Crippen LogP contribution in [0.4, 0.5) is 0 Å². The molecule has 0 spiro atoms. The van der Waals surface area contributed by atoms with Crippen molar-refractivity contribution in [2.75, 3.05) is 0 Å². The van der Waals surface area contributed by atoms with Crippen LogP contribution in [0.2, 0.25) is 20.1 Å². The number of thiocarbonyl (C=S) groups is 1. The minimum absolute atomic E-state index is 0.0394. The summed E-state index contributed by atoms with van der Waals surface area (Å²) in [5.74, 6) is -2.45. The van der Waals surface area contributed by atoms with Crippen LogP contribution in [-0.4, -0.2) is 28.5 Å². The lowest BCUT2D eigenvalue weighted by atomic mass is 10.1. The molecule has 0 saturated carbocycles. The van der Waals surface area contributed by atoms with E-state index in [1.807, 2.05) is 0 Å². The van der Waals surface area contributed by atoms with Gasteiger partial charge in [-0.2, -0.15) is 0 Å². The molecule has 2 amide bonds. The normalized spacial score (nSPS) is 13.6. The summed E-state index contributed by atoms with van der Waals surface area (Å²) in [6.07, 6.45) is 3.21. The summed E-state index contributed by atoms with van der Waals surface area (Å²) < 4.78 is 0.0394. The lowest BCUT2D eigenvalue weighted by Crippen LogP contribution is -2.51. The molecule has 240 valence electrons. The van der Waals surface area contributed by atoms with E-state index in [0.717, 1.165) is 23.5 Å². The second-order valence-electron chi connectivity index (χ2n) is 9.90. The van der Waals surface area contributed by atoms with Crippen molar-refractivity contribution in [1.29, 1.82) is 0 Å². The number of halogens is 4. The van der Waals surface area contributed by atoms with Gasteiger partial charge < -0.3 is 0 Å². The highest BCUT2D eigenvalue weighted by atomic mass is 35.5.